The highest BCUT2D eigenvalue weighted by atomic mass is 35.5. The molecule has 1 aliphatic rings. The normalized spacial score (nSPS) is 18.3. The molecular weight excluding hydrogens is 710 g/mol. The summed E-state index contributed by atoms with van der Waals surface area (Å²) in [7, 11) is 0. The monoisotopic (exact) mass is 759 g/mol. The summed E-state index contributed by atoms with van der Waals surface area (Å²) in [6, 6.07) is 7.90. The molecule has 1 saturated heterocycles. The second-order valence-electron chi connectivity index (χ2n) is 12.9. The molecule has 0 bridgehead atoms. The van der Waals surface area contributed by atoms with E-state index in [0.717, 1.165) is 11.1 Å². The Hall–Kier alpha value is -4.45. The molecule has 53 heavy (non-hydrogen) atoms. The number of ketones is 1. The highest BCUT2D eigenvalue weighted by Crippen LogP contribution is 2.24. The zero-order chi connectivity index (χ0) is 39.2. The molecular formula is C36H50ClN7O9. The Kier molecular flexibility index (Phi) is 16.8. The lowest BCUT2D eigenvalue weighted by molar-refractivity contribution is -0.135. The predicted octanol–water partition coefficient (Wildman–Crippen LogP) is -0.728. The van der Waals surface area contributed by atoms with E-state index >= 15 is 0 Å². The molecule has 1 aliphatic heterocycles. The van der Waals surface area contributed by atoms with Crippen LogP contribution in [0.25, 0.3) is 11.1 Å². The Labute approximate surface area is 313 Å². The van der Waals surface area contributed by atoms with Crippen LogP contribution in [0.3, 0.4) is 0 Å². The van der Waals surface area contributed by atoms with Gasteiger partial charge in [-0.2, -0.15) is 0 Å². The molecule has 17 heteroatoms. The van der Waals surface area contributed by atoms with E-state index in [-0.39, 0.29) is 31.6 Å². The van der Waals surface area contributed by atoms with Gasteiger partial charge in [0.05, 0.1) is 18.8 Å². The summed E-state index contributed by atoms with van der Waals surface area (Å²) in [6.07, 6.45) is -1.62. The quantitative estimate of drug-likeness (QED) is 0.0566. The second kappa shape index (κ2) is 20.7. The number of halogens is 1. The lowest BCUT2D eigenvalue weighted by Gasteiger charge is -2.26. The van der Waals surface area contributed by atoms with Crippen molar-refractivity contribution in [3.05, 3.63) is 59.1 Å². The van der Waals surface area contributed by atoms with E-state index < -0.39 is 83.8 Å². The summed E-state index contributed by atoms with van der Waals surface area (Å²) in [4.78, 5) is 78.4. The average Bonchev–Trinajstić information content (AvgIpc) is 3.93. The number of hydrogen-bond donors (Lipinski definition) is 9. The third-order valence-corrected chi connectivity index (χ3v) is 8.88. The Morgan fingerprint density at radius 2 is 1.28 bits per heavy atom. The van der Waals surface area contributed by atoms with Gasteiger partial charge in [-0.05, 0) is 94.9 Å². The number of aliphatic hydroxyl groups is 2. The number of epoxide rings is 1. The number of nitrogens with two attached hydrogens (primary N) is 2. The Bertz CT molecular complexity index is 1580. The summed E-state index contributed by atoms with van der Waals surface area (Å²) >= 11 is 5.97. The van der Waals surface area contributed by atoms with Crippen LogP contribution in [0.4, 0.5) is 0 Å². The van der Waals surface area contributed by atoms with Crippen LogP contribution in [0.1, 0.15) is 56.8 Å². The van der Waals surface area contributed by atoms with Gasteiger partial charge in [0, 0.05) is 10.6 Å². The van der Waals surface area contributed by atoms with Crippen LogP contribution in [-0.2, 0) is 28.7 Å². The van der Waals surface area contributed by atoms with Crippen molar-refractivity contribution in [3.63, 3.8) is 0 Å². The summed E-state index contributed by atoms with van der Waals surface area (Å²) in [6.45, 7) is 4.12. The minimum absolute atomic E-state index is 0.0148. The Balaban J connectivity index is 1.61. The molecule has 0 aromatic heterocycles. The highest BCUT2D eigenvalue weighted by molar-refractivity contribution is 6.30. The molecule has 0 saturated carbocycles. The van der Waals surface area contributed by atoms with Gasteiger partial charge < -0.3 is 53.0 Å². The number of rotatable bonds is 21. The Morgan fingerprint density at radius 3 is 1.83 bits per heavy atom. The van der Waals surface area contributed by atoms with Gasteiger partial charge in [0.1, 0.15) is 36.4 Å². The summed E-state index contributed by atoms with van der Waals surface area (Å²) < 4.78 is 5.10. The summed E-state index contributed by atoms with van der Waals surface area (Å²) in [5.74, 6) is -4.07. The fourth-order valence-electron chi connectivity index (χ4n) is 5.38. The molecule has 2 aromatic rings. The van der Waals surface area contributed by atoms with E-state index in [2.05, 4.69) is 26.6 Å². The number of amides is 5. The molecule has 1 fully saturated rings. The van der Waals surface area contributed by atoms with E-state index in [0.29, 0.717) is 24.4 Å². The first-order valence-electron chi connectivity index (χ1n) is 17.5. The predicted molar refractivity (Wildman–Crippen MR) is 196 cm³/mol. The van der Waals surface area contributed by atoms with Crippen LogP contribution in [0.2, 0.25) is 5.02 Å². The molecule has 11 N–H and O–H groups in total. The number of nitrogens with one attached hydrogen (secondary N) is 5. The number of carbonyl (C=O) groups excluding carboxylic acids is 6. The topological polar surface area (TPSA) is 268 Å². The number of carbonyl (C=O) groups is 6. The van der Waals surface area contributed by atoms with Gasteiger partial charge in [-0.1, -0.05) is 35.9 Å². The summed E-state index contributed by atoms with van der Waals surface area (Å²) in [5.41, 5.74) is 13.3. The van der Waals surface area contributed by atoms with Gasteiger partial charge in [-0.3, -0.25) is 28.8 Å². The van der Waals surface area contributed by atoms with Crippen molar-refractivity contribution in [1.29, 1.82) is 0 Å². The summed E-state index contributed by atoms with van der Waals surface area (Å²) in [5, 5.41) is 32.8. The second-order valence-corrected chi connectivity index (χ2v) is 13.3. The van der Waals surface area contributed by atoms with Gasteiger partial charge in [0.15, 0.2) is 5.78 Å². The first-order valence-corrected chi connectivity index (χ1v) is 17.8. The first kappa shape index (κ1) is 43.0. The number of hydrogen-bond acceptors (Lipinski definition) is 11. The zero-order valence-corrected chi connectivity index (χ0v) is 30.7. The van der Waals surface area contributed by atoms with Crippen LogP contribution in [0, 0.1) is 0 Å². The molecule has 8 atom stereocenters. The molecule has 0 radical (unpaired) electrons. The number of benzene rings is 2. The van der Waals surface area contributed by atoms with Gasteiger partial charge in [0.2, 0.25) is 23.6 Å². The van der Waals surface area contributed by atoms with Crippen molar-refractivity contribution in [3.8, 4) is 11.1 Å². The molecule has 3 rings (SSSR count). The van der Waals surface area contributed by atoms with Crippen molar-refractivity contribution in [2.24, 2.45) is 11.5 Å². The van der Waals surface area contributed by atoms with E-state index in [1.807, 2.05) is 12.1 Å². The van der Waals surface area contributed by atoms with Crippen LogP contribution in [-0.4, -0.2) is 114 Å². The van der Waals surface area contributed by atoms with E-state index in [1.165, 1.54) is 20.8 Å². The van der Waals surface area contributed by atoms with Gasteiger partial charge in [-0.25, -0.2) is 0 Å². The molecule has 2 aromatic carbocycles. The standard InChI is InChI=1S/C36H50ClN7O9/c1-19(30(47)31-28(18-45)53-31)40-34(50)26(6-4-5-16-38)42-32(48)20(2)41-36(52)29(21(3)46)44-35(51)27(15-17-39)43-33(49)24-9-7-22(8-10-24)23-11-13-25(37)14-12-23/h7-14,19-21,26-29,31,45-46H,4-6,15-18,38-39H2,1-3H3,(H,40,50)(H,41,52)(H,42,48)(H,43,49)(H,44,51)/t19-,20-,21+,26-,27-,28?,29-,31?/m0/s1. The fourth-order valence-corrected chi connectivity index (χ4v) is 5.51. The smallest absolute Gasteiger partial charge is 0.251 e. The average molecular weight is 760 g/mol. The molecule has 5 amide bonds. The molecule has 0 spiro atoms. The van der Waals surface area contributed by atoms with Crippen molar-refractivity contribution in [1.82, 2.24) is 26.6 Å². The maximum absolute atomic E-state index is 13.3. The molecule has 290 valence electrons. The van der Waals surface area contributed by atoms with Crippen molar-refractivity contribution in [2.75, 3.05) is 19.7 Å². The maximum atomic E-state index is 13.3. The third kappa shape index (κ3) is 12.9. The van der Waals surface area contributed by atoms with Crippen LogP contribution in [0.5, 0.6) is 0 Å². The van der Waals surface area contributed by atoms with Crippen molar-refractivity contribution >= 4 is 46.9 Å². The maximum Gasteiger partial charge on any atom is 0.251 e. The van der Waals surface area contributed by atoms with Crippen molar-refractivity contribution < 1.29 is 43.7 Å². The van der Waals surface area contributed by atoms with E-state index in [4.69, 9.17) is 32.9 Å². The minimum Gasteiger partial charge on any atom is -0.394 e. The van der Waals surface area contributed by atoms with Crippen molar-refractivity contribution in [2.45, 2.75) is 95.0 Å². The number of Topliss-reactive ketones (excluding diaryl/α,β-unsaturated/α-hetero) is 1. The molecule has 1 heterocycles. The SMILES string of the molecule is C[C@H](NC(=O)[C@@H](NC(=O)[C@H](CCN)NC(=O)c1ccc(-c2ccc(Cl)cc2)cc1)[C@@H](C)O)C(=O)N[C@@H](CCCCN)C(=O)N[C@@H](C)C(=O)C1OC1CO. The number of ether oxygens (including phenoxy) is 1. The van der Waals surface area contributed by atoms with E-state index in [1.54, 1.807) is 36.4 Å². The van der Waals surface area contributed by atoms with Crippen LogP contribution in [0.15, 0.2) is 48.5 Å². The largest absolute Gasteiger partial charge is 0.394 e. The lowest BCUT2D eigenvalue weighted by Crippen LogP contribution is -2.60. The van der Waals surface area contributed by atoms with E-state index in [9.17, 15) is 33.9 Å². The molecule has 2 unspecified atom stereocenters. The lowest BCUT2D eigenvalue weighted by atomic mass is 10.0. The van der Waals surface area contributed by atoms with Gasteiger partial charge >= 0.3 is 0 Å². The van der Waals surface area contributed by atoms with Gasteiger partial charge in [0.25, 0.3) is 5.91 Å². The molecule has 16 nitrogen and oxygen atoms in total. The number of aliphatic hydroxyl groups excluding tert-OH is 2. The van der Waals surface area contributed by atoms with Crippen LogP contribution >= 0.6 is 11.6 Å². The Morgan fingerprint density at radius 1 is 0.717 bits per heavy atom. The highest BCUT2D eigenvalue weighted by Gasteiger charge is 2.46. The fraction of sp³-hybridized carbons (Fsp3) is 0.500. The first-order chi connectivity index (χ1) is 25.2. The molecule has 0 aliphatic carbocycles. The number of unbranched alkanes of at least 4 members (excludes halogenated alkanes) is 1. The van der Waals surface area contributed by atoms with Crippen LogP contribution < -0.4 is 38.1 Å². The third-order valence-electron chi connectivity index (χ3n) is 8.62. The minimum atomic E-state index is -1.53. The zero-order valence-electron chi connectivity index (χ0n) is 30.0. The van der Waals surface area contributed by atoms with Gasteiger partial charge in [-0.15, -0.1) is 0 Å².